The molecule has 0 aromatic carbocycles. The highest BCUT2D eigenvalue weighted by Crippen LogP contribution is 2.31. The molecule has 0 saturated heterocycles. The van der Waals surface area contributed by atoms with Crippen molar-refractivity contribution in [3.8, 4) is 0 Å². The van der Waals surface area contributed by atoms with Crippen LogP contribution in [0.2, 0.25) is 0 Å². The molecule has 3 atom stereocenters. The van der Waals surface area contributed by atoms with E-state index in [1.165, 1.54) is 25.7 Å². The lowest BCUT2D eigenvalue weighted by molar-refractivity contribution is -0.126. The van der Waals surface area contributed by atoms with Crippen LogP contribution in [-0.2, 0) is 9.59 Å². The minimum atomic E-state index is -0.335. The molecular weight excluding hydrogens is 258 g/mol. The van der Waals surface area contributed by atoms with E-state index in [1.54, 1.807) is 18.7 Å². The Morgan fingerprint density at radius 3 is 2.53 bits per heavy atom. The molecule has 0 spiro atoms. The van der Waals surface area contributed by atoms with Crippen molar-refractivity contribution in [2.75, 3.05) is 5.75 Å². The highest BCUT2D eigenvalue weighted by Gasteiger charge is 2.23. The monoisotopic (exact) mass is 285 g/mol. The number of nitrogens with one attached hydrogen (secondary N) is 1. The van der Waals surface area contributed by atoms with Gasteiger partial charge in [0.15, 0.2) is 5.78 Å². The van der Waals surface area contributed by atoms with Crippen LogP contribution < -0.4 is 5.32 Å². The number of carbonyl (C=O) groups excluding carboxylic acids is 2. The fourth-order valence-corrected chi connectivity index (χ4v) is 3.94. The summed E-state index contributed by atoms with van der Waals surface area (Å²) in [6, 6.07) is -0.335. The number of amides is 1. The summed E-state index contributed by atoms with van der Waals surface area (Å²) >= 11 is 1.75. The van der Waals surface area contributed by atoms with Gasteiger partial charge < -0.3 is 5.32 Å². The van der Waals surface area contributed by atoms with Gasteiger partial charge in [-0.1, -0.05) is 33.6 Å². The van der Waals surface area contributed by atoms with Gasteiger partial charge in [-0.3, -0.25) is 9.59 Å². The minimum absolute atomic E-state index is 0.00266. The topological polar surface area (TPSA) is 46.2 Å². The summed E-state index contributed by atoms with van der Waals surface area (Å²) in [6.45, 7) is 7.75. The highest BCUT2D eigenvalue weighted by molar-refractivity contribution is 8.00. The Morgan fingerprint density at radius 2 is 2.00 bits per heavy atom. The lowest BCUT2D eigenvalue weighted by Gasteiger charge is -2.26. The summed E-state index contributed by atoms with van der Waals surface area (Å²) in [6.07, 6.45) is 5.05. The van der Waals surface area contributed by atoms with Crippen molar-refractivity contribution >= 4 is 23.5 Å². The van der Waals surface area contributed by atoms with Crippen LogP contribution in [0, 0.1) is 11.8 Å². The molecule has 0 radical (unpaired) electrons. The van der Waals surface area contributed by atoms with Crippen LogP contribution in [-0.4, -0.2) is 28.7 Å². The molecule has 3 nitrogen and oxygen atoms in total. The van der Waals surface area contributed by atoms with Crippen molar-refractivity contribution < 1.29 is 9.59 Å². The Hall–Kier alpha value is -0.510. The van der Waals surface area contributed by atoms with Crippen LogP contribution in [0.3, 0.4) is 0 Å². The van der Waals surface area contributed by atoms with Gasteiger partial charge in [0.25, 0.3) is 0 Å². The highest BCUT2D eigenvalue weighted by atomic mass is 32.2. The summed E-state index contributed by atoms with van der Waals surface area (Å²) in [5.41, 5.74) is 0. The van der Waals surface area contributed by atoms with Gasteiger partial charge in [-0.25, -0.2) is 0 Å². The van der Waals surface area contributed by atoms with Gasteiger partial charge in [0, 0.05) is 5.25 Å². The molecule has 19 heavy (non-hydrogen) atoms. The number of rotatable bonds is 6. The van der Waals surface area contributed by atoms with Crippen LogP contribution in [0.25, 0.3) is 0 Å². The van der Waals surface area contributed by atoms with Crippen molar-refractivity contribution in [1.29, 1.82) is 0 Å². The fraction of sp³-hybridized carbons (Fsp3) is 0.867. The van der Waals surface area contributed by atoms with Crippen molar-refractivity contribution in [3.05, 3.63) is 0 Å². The largest absolute Gasteiger partial charge is 0.345 e. The van der Waals surface area contributed by atoms with Crippen molar-refractivity contribution in [2.24, 2.45) is 11.8 Å². The number of hydrogen-bond acceptors (Lipinski definition) is 3. The zero-order valence-corrected chi connectivity index (χ0v) is 13.4. The van der Waals surface area contributed by atoms with Gasteiger partial charge in [-0.15, -0.1) is 11.8 Å². The van der Waals surface area contributed by atoms with E-state index in [-0.39, 0.29) is 23.7 Å². The second-order valence-corrected chi connectivity index (χ2v) is 7.39. The SMILES string of the molecule is CC(=O)C(NC(=O)CSC1CCCC(C)C1)C(C)C. The van der Waals surface area contributed by atoms with E-state index in [9.17, 15) is 9.59 Å². The molecule has 1 amide bonds. The quantitative estimate of drug-likeness (QED) is 0.816. The van der Waals surface area contributed by atoms with E-state index in [1.807, 2.05) is 13.8 Å². The van der Waals surface area contributed by atoms with E-state index in [2.05, 4.69) is 12.2 Å². The normalized spacial score (nSPS) is 25.1. The van der Waals surface area contributed by atoms with E-state index in [0.29, 0.717) is 11.0 Å². The van der Waals surface area contributed by atoms with E-state index in [0.717, 1.165) is 5.92 Å². The molecule has 110 valence electrons. The minimum Gasteiger partial charge on any atom is -0.345 e. The molecule has 4 heteroatoms. The molecule has 1 rings (SSSR count). The van der Waals surface area contributed by atoms with Gasteiger partial charge >= 0.3 is 0 Å². The summed E-state index contributed by atoms with van der Waals surface area (Å²) in [5, 5.41) is 3.47. The summed E-state index contributed by atoms with van der Waals surface area (Å²) in [5.74, 6) is 1.46. The maximum atomic E-state index is 11.9. The zero-order chi connectivity index (χ0) is 14.4. The smallest absolute Gasteiger partial charge is 0.230 e. The molecule has 0 aliphatic heterocycles. The van der Waals surface area contributed by atoms with Crippen LogP contribution in [0.15, 0.2) is 0 Å². The molecular formula is C15H27NO2S. The molecule has 1 aliphatic rings. The lowest BCUT2D eigenvalue weighted by Crippen LogP contribution is -2.44. The summed E-state index contributed by atoms with van der Waals surface area (Å²) in [4.78, 5) is 23.4. The Morgan fingerprint density at radius 1 is 1.32 bits per heavy atom. The molecule has 1 saturated carbocycles. The van der Waals surface area contributed by atoms with Crippen LogP contribution in [0.5, 0.6) is 0 Å². The molecule has 0 aromatic heterocycles. The van der Waals surface area contributed by atoms with Gasteiger partial charge in [0.1, 0.15) is 0 Å². The third-order valence-corrected chi connectivity index (χ3v) is 5.09. The maximum absolute atomic E-state index is 11.9. The van der Waals surface area contributed by atoms with Gasteiger partial charge in [0.05, 0.1) is 11.8 Å². The van der Waals surface area contributed by atoms with E-state index >= 15 is 0 Å². The third kappa shape index (κ3) is 5.98. The Bertz CT molecular complexity index is 317. The summed E-state index contributed by atoms with van der Waals surface area (Å²) in [7, 11) is 0. The van der Waals surface area contributed by atoms with Crippen LogP contribution in [0.1, 0.15) is 53.4 Å². The second kappa shape index (κ2) is 7.93. The molecule has 1 N–H and O–H groups in total. The average Bonchev–Trinajstić information content (AvgIpc) is 2.32. The van der Waals surface area contributed by atoms with Crippen molar-refractivity contribution in [2.45, 2.75) is 64.7 Å². The zero-order valence-electron chi connectivity index (χ0n) is 12.6. The second-order valence-electron chi connectivity index (χ2n) is 6.10. The molecule has 0 aromatic rings. The molecule has 0 bridgehead atoms. The Labute approximate surface area is 121 Å². The standard InChI is InChI=1S/C15H27NO2S/c1-10(2)15(12(4)17)16-14(18)9-19-13-7-5-6-11(3)8-13/h10-11,13,15H,5-9H2,1-4H3,(H,16,18). The van der Waals surface area contributed by atoms with Gasteiger partial charge in [-0.2, -0.15) is 0 Å². The average molecular weight is 285 g/mol. The number of ketones is 1. The fourth-order valence-electron chi connectivity index (χ4n) is 2.68. The maximum Gasteiger partial charge on any atom is 0.230 e. The predicted octanol–water partition coefficient (Wildman–Crippen LogP) is 3.03. The van der Waals surface area contributed by atoms with Crippen LogP contribution >= 0.6 is 11.8 Å². The number of thioether (sulfide) groups is 1. The molecule has 0 heterocycles. The third-order valence-electron chi connectivity index (χ3n) is 3.76. The number of Topliss-reactive ketones (excluding diaryl/α,β-unsaturated/α-hetero) is 1. The van der Waals surface area contributed by atoms with Crippen molar-refractivity contribution in [3.63, 3.8) is 0 Å². The van der Waals surface area contributed by atoms with Gasteiger partial charge in [-0.05, 0) is 31.6 Å². The first kappa shape index (κ1) is 16.5. The van der Waals surface area contributed by atoms with Crippen molar-refractivity contribution in [1.82, 2.24) is 5.32 Å². The number of carbonyl (C=O) groups is 2. The van der Waals surface area contributed by atoms with Gasteiger partial charge in [0.2, 0.25) is 5.91 Å². The molecule has 1 fully saturated rings. The molecule has 1 aliphatic carbocycles. The first-order chi connectivity index (χ1) is 8.90. The van der Waals surface area contributed by atoms with E-state index < -0.39 is 0 Å². The summed E-state index contributed by atoms with van der Waals surface area (Å²) < 4.78 is 0. The Balaban J connectivity index is 2.32. The first-order valence-electron chi connectivity index (χ1n) is 7.31. The lowest BCUT2D eigenvalue weighted by atomic mass is 9.91. The first-order valence-corrected chi connectivity index (χ1v) is 8.36. The molecule has 3 unspecified atom stereocenters. The van der Waals surface area contributed by atoms with E-state index in [4.69, 9.17) is 0 Å². The Kier molecular flexibility index (Phi) is 6.90. The van der Waals surface area contributed by atoms with Crippen LogP contribution in [0.4, 0.5) is 0 Å². The predicted molar refractivity (Wildman–Crippen MR) is 81.3 cm³/mol. The number of hydrogen-bond donors (Lipinski definition) is 1.